The van der Waals surface area contributed by atoms with Gasteiger partial charge in [0.2, 0.25) is 5.91 Å². The van der Waals surface area contributed by atoms with Gasteiger partial charge in [-0.3, -0.25) is 14.6 Å². The molecule has 0 radical (unpaired) electrons. The molecule has 4 nitrogen and oxygen atoms in total. The van der Waals surface area contributed by atoms with Gasteiger partial charge in [0.1, 0.15) is 0 Å². The number of benzene rings is 2. The highest BCUT2D eigenvalue weighted by Crippen LogP contribution is 2.34. The van der Waals surface area contributed by atoms with Crippen molar-refractivity contribution in [3.05, 3.63) is 65.7 Å². The summed E-state index contributed by atoms with van der Waals surface area (Å²) in [5.74, 6) is -0.412. The summed E-state index contributed by atoms with van der Waals surface area (Å²) in [5, 5.41) is 2.48. The third-order valence-corrected chi connectivity index (χ3v) is 5.61. The number of nitrogens with one attached hydrogen (secondary N) is 1. The van der Waals surface area contributed by atoms with Crippen molar-refractivity contribution in [2.45, 2.75) is 44.9 Å². The number of alkyl halides is 3. The van der Waals surface area contributed by atoms with E-state index in [0.29, 0.717) is 0 Å². The minimum absolute atomic E-state index is 0.0872. The van der Waals surface area contributed by atoms with Crippen LogP contribution in [-0.4, -0.2) is 47.9 Å². The summed E-state index contributed by atoms with van der Waals surface area (Å²) in [6.45, 7) is 5.59. The molecule has 0 aliphatic carbocycles. The Kier molecular flexibility index (Phi) is 8.09. The number of nitrogens with zero attached hydrogens (tertiary/aromatic N) is 2. The Labute approximate surface area is 182 Å². The summed E-state index contributed by atoms with van der Waals surface area (Å²) >= 11 is 0. The van der Waals surface area contributed by atoms with E-state index in [9.17, 15) is 18.0 Å². The van der Waals surface area contributed by atoms with Gasteiger partial charge < -0.3 is 5.32 Å². The maximum absolute atomic E-state index is 13.2. The van der Waals surface area contributed by atoms with Crippen LogP contribution in [0.4, 0.5) is 18.9 Å². The molecule has 0 spiro atoms. The van der Waals surface area contributed by atoms with E-state index in [2.05, 4.69) is 34.2 Å². The van der Waals surface area contributed by atoms with E-state index in [1.54, 1.807) is 0 Å². The summed E-state index contributed by atoms with van der Waals surface area (Å²) in [6.07, 6.45) is -1.61. The quantitative estimate of drug-likeness (QED) is 0.635. The molecular weight excluding hydrogens is 403 g/mol. The van der Waals surface area contributed by atoms with E-state index in [1.807, 2.05) is 18.2 Å². The Morgan fingerprint density at radius 3 is 2.55 bits per heavy atom. The first-order valence-corrected chi connectivity index (χ1v) is 10.8. The molecule has 2 aromatic carbocycles. The summed E-state index contributed by atoms with van der Waals surface area (Å²) < 4.78 is 39.7. The van der Waals surface area contributed by atoms with Gasteiger partial charge in [-0.2, -0.15) is 13.2 Å². The van der Waals surface area contributed by atoms with Crippen molar-refractivity contribution in [1.82, 2.24) is 9.80 Å². The van der Waals surface area contributed by atoms with Crippen molar-refractivity contribution in [2.75, 3.05) is 31.5 Å². The lowest BCUT2D eigenvalue weighted by Gasteiger charge is -2.39. The Balaban J connectivity index is 1.63. The smallest absolute Gasteiger partial charge is 0.324 e. The molecule has 1 aliphatic rings. The van der Waals surface area contributed by atoms with E-state index < -0.39 is 17.6 Å². The fraction of sp³-hybridized carbons (Fsp3) is 0.458. The van der Waals surface area contributed by atoms with Crippen molar-refractivity contribution in [2.24, 2.45) is 0 Å². The Hall–Kier alpha value is -2.38. The zero-order valence-electron chi connectivity index (χ0n) is 17.9. The normalized spacial score (nSPS) is 17.6. The molecule has 31 heavy (non-hydrogen) atoms. The molecule has 1 heterocycles. The fourth-order valence-corrected chi connectivity index (χ4v) is 4.21. The lowest BCUT2D eigenvalue weighted by Crippen LogP contribution is -2.50. The van der Waals surface area contributed by atoms with Gasteiger partial charge in [-0.1, -0.05) is 49.4 Å². The summed E-state index contributed by atoms with van der Waals surface area (Å²) in [4.78, 5) is 17.2. The standard InChI is InChI=1S/C24H30F3N3O/c1-2-14-30(18-23(31)28-22-13-7-6-12-21(22)24(25,26)27)20-11-8-15-29(17-20)16-19-9-4-3-5-10-19/h3-7,9-10,12-13,20H,2,8,11,14-18H2,1H3,(H,28,31)/t20-/m1/s1. The molecule has 2 aromatic rings. The van der Waals surface area contributed by atoms with E-state index >= 15 is 0 Å². The van der Waals surface area contributed by atoms with Gasteiger partial charge in [0, 0.05) is 19.1 Å². The van der Waals surface area contributed by atoms with Crippen molar-refractivity contribution in [3.63, 3.8) is 0 Å². The van der Waals surface area contributed by atoms with Crippen LogP contribution in [0, 0.1) is 0 Å². The van der Waals surface area contributed by atoms with Crippen LogP contribution in [0.3, 0.4) is 0 Å². The SMILES string of the molecule is CCCN(CC(=O)Nc1ccccc1C(F)(F)F)[C@@H]1CCCN(Cc2ccccc2)C1. The number of likely N-dealkylation sites (tertiary alicyclic amines) is 1. The third-order valence-electron chi connectivity index (χ3n) is 5.61. The van der Waals surface area contributed by atoms with E-state index in [1.165, 1.54) is 23.8 Å². The number of amides is 1. The van der Waals surface area contributed by atoms with Gasteiger partial charge in [-0.15, -0.1) is 0 Å². The van der Waals surface area contributed by atoms with E-state index in [0.717, 1.165) is 51.5 Å². The number of piperidine rings is 1. The Morgan fingerprint density at radius 1 is 1.13 bits per heavy atom. The second kappa shape index (κ2) is 10.8. The highest BCUT2D eigenvalue weighted by Gasteiger charge is 2.34. The van der Waals surface area contributed by atoms with E-state index in [4.69, 9.17) is 0 Å². The van der Waals surface area contributed by atoms with Gasteiger partial charge in [0.15, 0.2) is 0 Å². The van der Waals surface area contributed by atoms with Crippen LogP contribution in [0.5, 0.6) is 0 Å². The maximum Gasteiger partial charge on any atom is 0.418 e. The molecule has 1 atom stereocenters. The molecular formula is C24H30F3N3O. The highest BCUT2D eigenvalue weighted by molar-refractivity contribution is 5.93. The fourth-order valence-electron chi connectivity index (χ4n) is 4.21. The first kappa shape index (κ1) is 23.3. The molecule has 1 N–H and O–H groups in total. The van der Waals surface area contributed by atoms with Crippen molar-refractivity contribution in [3.8, 4) is 0 Å². The summed E-state index contributed by atoms with van der Waals surface area (Å²) in [6, 6.07) is 15.6. The molecule has 0 unspecified atom stereocenters. The highest BCUT2D eigenvalue weighted by atomic mass is 19.4. The number of hydrogen-bond donors (Lipinski definition) is 1. The zero-order valence-corrected chi connectivity index (χ0v) is 17.9. The van der Waals surface area contributed by atoms with Crippen LogP contribution in [0.1, 0.15) is 37.3 Å². The Bertz CT molecular complexity index is 841. The van der Waals surface area contributed by atoms with Crippen molar-refractivity contribution >= 4 is 11.6 Å². The molecule has 0 saturated carbocycles. The minimum atomic E-state index is -4.51. The number of halogens is 3. The van der Waals surface area contributed by atoms with Gasteiger partial charge in [-0.25, -0.2) is 0 Å². The largest absolute Gasteiger partial charge is 0.418 e. The molecule has 1 fully saturated rings. The van der Waals surface area contributed by atoms with Crippen LogP contribution < -0.4 is 5.32 Å². The van der Waals surface area contributed by atoms with Crippen molar-refractivity contribution < 1.29 is 18.0 Å². The van der Waals surface area contributed by atoms with E-state index in [-0.39, 0.29) is 18.3 Å². The van der Waals surface area contributed by atoms with Crippen LogP contribution in [-0.2, 0) is 17.5 Å². The molecule has 168 valence electrons. The average Bonchev–Trinajstić information content (AvgIpc) is 2.74. The summed E-state index contributed by atoms with van der Waals surface area (Å²) in [7, 11) is 0. The van der Waals surface area contributed by atoms with Gasteiger partial charge in [0.05, 0.1) is 17.8 Å². The van der Waals surface area contributed by atoms with Gasteiger partial charge in [-0.05, 0) is 50.0 Å². The predicted molar refractivity (Wildman–Crippen MR) is 117 cm³/mol. The third kappa shape index (κ3) is 6.80. The van der Waals surface area contributed by atoms with Gasteiger partial charge >= 0.3 is 6.18 Å². The lowest BCUT2D eigenvalue weighted by molar-refractivity contribution is -0.137. The number of carbonyl (C=O) groups is 1. The van der Waals surface area contributed by atoms with Crippen LogP contribution >= 0.6 is 0 Å². The zero-order chi connectivity index (χ0) is 22.3. The van der Waals surface area contributed by atoms with Crippen LogP contribution in [0.2, 0.25) is 0 Å². The second-order valence-corrected chi connectivity index (χ2v) is 8.08. The average molecular weight is 434 g/mol. The van der Waals surface area contributed by atoms with Crippen LogP contribution in [0.15, 0.2) is 54.6 Å². The minimum Gasteiger partial charge on any atom is -0.324 e. The number of rotatable bonds is 8. The number of para-hydroxylation sites is 1. The Morgan fingerprint density at radius 2 is 1.84 bits per heavy atom. The molecule has 1 aliphatic heterocycles. The monoisotopic (exact) mass is 433 g/mol. The predicted octanol–water partition coefficient (Wildman–Crippen LogP) is 5.02. The van der Waals surface area contributed by atoms with Crippen LogP contribution in [0.25, 0.3) is 0 Å². The molecule has 0 bridgehead atoms. The maximum atomic E-state index is 13.2. The molecule has 1 amide bonds. The number of hydrogen-bond acceptors (Lipinski definition) is 3. The number of anilines is 1. The molecule has 7 heteroatoms. The van der Waals surface area contributed by atoms with Gasteiger partial charge in [0.25, 0.3) is 0 Å². The lowest BCUT2D eigenvalue weighted by atomic mass is 10.0. The molecule has 3 rings (SSSR count). The first-order valence-electron chi connectivity index (χ1n) is 10.8. The second-order valence-electron chi connectivity index (χ2n) is 8.08. The topological polar surface area (TPSA) is 35.6 Å². The number of carbonyl (C=O) groups excluding carboxylic acids is 1. The molecule has 1 saturated heterocycles. The summed E-state index contributed by atoms with van der Waals surface area (Å²) in [5.41, 5.74) is 0.245. The molecule has 0 aromatic heterocycles. The van der Waals surface area contributed by atoms with Crippen molar-refractivity contribution in [1.29, 1.82) is 0 Å². The first-order chi connectivity index (χ1) is 14.9.